The van der Waals surface area contributed by atoms with E-state index in [1.54, 1.807) is 65.1 Å². The monoisotopic (exact) mass is 1210 g/mol. The number of nitrogens with one attached hydrogen (secondary N) is 3. The second kappa shape index (κ2) is 36.8. The lowest BCUT2D eigenvalue weighted by molar-refractivity contribution is -0.149. The first-order valence-corrected chi connectivity index (χ1v) is 31.5. The van der Waals surface area contributed by atoms with E-state index < -0.39 is 71.5 Å². The molecule has 0 radical (unpaired) electrons. The number of carbonyl (C=O) groups excluding carboxylic acids is 6. The molecular weight excluding hydrogens is 1100 g/mol. The molecule has 1 aromatic carbocycles. The van der Waals surface area contributed by atoms with Crippen molar-refractivity contribution in [3.8, 4) is 0 Å². The predicted molar refractivity (Wildman–Crippen MR) is 335 cm³/mol. The first kappa shape index (κ1) is 75.9. The number of carbonyl (C=O) groups is 7. The fourth-order valence-corrected chi connectivity index (χ4v) is 12.0. The molecule has 484 valence electrons. The van der Waals surface area contributed by atoms with Crippen LogP contribution < -0.4 is 16.0 Å². The van der Waals surface area contributed by atoms with Crippen LogP contribution in [0.4, 0.5) is 9.59 Å². The number of Topliss-reactive ketones (excluding diaryl/α,β-unsaturated/α-hetero) is 1. The van der Waals surface area contributed by atoms with Crippen LogP contribution in [0.5, 0.6) is 0 Å². The van der Waals surface area contributed by atoms with E-state index in [4.69, 9.17) is 24.1 Å². The van der Waals surface area contributed by atoms with Crippen molar-refractivity contribution in [3.05, 3.63) is 52.5 Å². The highest BCUT2D eigenvalue weighted by Crippen LogP contribution is 2.32. The number of nitrogens with zero attached hydrogens (tertiary/aromatic N) is 5. The highest BCUT2D eigenvalue weighted by molar-refractivity contribution is 7.09. The molecule has 20 nitrogen and oxygen atoms in total. The maximum Gasteiger partial charge on any atom is 0.407 e. The van der Waals surface area contributed by atoms with Crippen molar-refractivity contribution in [1.82, 2.24) is 40.5 Å². The van der Waals surface area contributed by atoms with E-state index in [9.17, 15) is 33.6 Å². The Morgan fingerprint density at radius 3 is 1.75 bits per heavy atom. The van der Waals surface area contributed by atoms with Crippen molar-refractivity contribution in [2.45, 2.75) is 209 Å². The van der Waals surface area contributed by atoms with E-state index in [1.807, 2.05) is 122 Å². The van der Waals surface area contributed by atoms with Gasteiger partial charge in [0.1, 0.15) is 22.3 Å². The molecule has 0 spiro atoms. The lowest BCUT2D eigenvalue weighted by Gasteiger charge is -2.41. The molecule has 3 rings (SSSR count). The van der Waals surface area contributed by atoms with Gasteiger partial charge in [-0.25, -0.2) is 14.6 Å². The molecule has 1 fully saturated rings. The molecule has 85 heavy (non-hydrogen) atoms. The van der Waals surface area contributed by atoms with Crippen LogP contribution in [0.15, 0.2) is 41.9 Å². The number of thiazole rings is 1. The number of aromatic nitrogens is 1. The van der Waals surface area contributed by atoms with Crippen LogP contribution in [0.1, 0.15) is 165 Å². The van der Waals surface area contributed by atoms with Gasteiger partial charge in [-0.05, 0) is 117 Å². The predicted octanol–water partition coefficient (Wildman–Crippen LogP) is 9.51. The standard InChI is InChI=1S/C50H82N6O8S.C14H28N2O4/c1-15-34(6)44(55(12)48(60)37(32(2)3)30-40(57)43(33(4)5)54(11)26-20-24-52-49(61)64-50(8,9)10)41(62-13)31-42(58)56-27-19-23-39(56)45(63-14)35(7)46(59)53-38(47-51-25-28-65-47)29-36-21-17-16-18-22-36;1-10(2)11(12(17)18)16(6)9-7-8-15-13(19)20-14(3,4)5/h16-18,21-22,25,28,32-35,37-39,41,43-45H,15,19-20,23-24,26-27,29-31H2,1-14H3,(H,52,61)(H,53,59);10-11H,7-9H2,1-6H3,(H,15,19)(H,17,18)/t34-,35+,37-,38-,39-,41+,43-,44-,45+;11-/m00/s1. The molecule has 1 aliphatic rings. The summed E-state index contributed by atoms with van der Waals surface area (Å²) < 4.78 is 22.7. The number of likely N-dealkylation sites (N-methyl/N-ethyl adjacent to an activating group) is 3. The molecular formula is C64H110N8O12S. The molecule has 21 heteroatoms. The number of rotatable bonds is 33. The smallest absolute Gasteiger partial charge is 0.407 e. The number of amides is 5. The van der Waals surface area contributed by atoms with Gasteiger partial charge >= 0.3 is 18.2 Å². The number of hydrogen-bond donors (Lipinski definition) is 4. The van der Waals surface area contributed by atoms with E-state index in [-0.39, 0.29) is 72.1 Å². The summed E-state index contributed by atoms with van der Waals surface area (Å²) in [5.74, 6) is -2.55. The third-order valence-electron chi connectivity index (χ3n) is 15.7. The average Bonchev–Trinajstić information content (AvgIpc) is 2.89. The quantitative estimate of drug-likeness (QED) is 0.0487. The van der Waals surface area contributed by atoms with Crippen LogP contribution in [-0.2, 0) is 49.3 Å². The Balaban J connectivity index is 0.00000104. The minimum atomic E-state index is -0.817. The van der Waals surface area contributed by atoms with Gasteiger partial charge in [0.15, 0.2) is 5.78 Å². The highest BCUT2D eigenvalue weighted by atomic mass is 32.1. The van der Waals surface area contributed by atoms with Gasteiger partial charge in [-0.3, -0.25) is 33.8 Å². The Morgan fingerprint density at radius 2 is 1.31 bits per heavy atom. The second-order valence-corrected chi connectivity index (χ2v) is 26.9. The summed E-state index contributed by atoms with van der Waals surface area (Å²) in [7, 11) is 8.65. The summed E-state index contributed by atoms with van der Waals surface area (Å²) in [6.45, 7) is 31.1. The van der Waals surface area contributed by atoms with Crippen molar-refractivity contribution in [2.75, 3.05) is 68.1 Å². The van der Waals surface area contributed by atoms with Crippen molar-refractivity contribution in [3.63, 3.8) is 0 Å². The van der Waals surface area contributed by atoms with Gasteiger partial charge in [0.25, 0.3) is 0 Å². The van der Waals surface area contributed by atoms with Gasteiger partial charge in [0, 0.05) is 77.9 Å². The Bertz CT molecular complexity index is 2330. The van der Waals surface area contributed by atoms with E-state index in [2.05, 4.69) is 34.8 Å². The summed E-state index contributed by atoms with van der Waals surface area (Å²) in [4.78, 5) is 104. The number of hydrogen-bond acceptors (Lipinski definition) is 15. The van der Waals surface area contributed by atoms with Gasteiger partial charge in [0.2, 0.25) is 17.7 Å². The van der Waals surface area contributed by atoms with Crippen LogP contribution >= 0.6 is 11.3 Å². The normalized spacial score (nSPS) is 17.0. The maximum absolute atomic E-state index is 14.7. The van der Waals surface area contributed by atoms with E-state index in [0.29, 0.717) is 58.4 Å². The highest BCUT2D eigenvalue weighted by Gasteiger charge is 2.44. The summed E-state index contributed by atoms with van der Waals surface area (Å²) in [5, 5.41) is 20.6. The molecule has 1 aliphatic heterocycles. The number of likely N-dealkylation sites (tertiary alicyclic amines) is 1. The lowest BCUT2D eigenvalue weighted by Crippen LogP contribution is -2.54. The number of benzene rings is 1. The van der Waals surface area contributed by atoms with Gasteiger partial charge in [-0.1, -0.05) is 99.1 Å². The van der Waals surface area contributed by atoms with Gasteiger partial charge in [-0.15, -0.1) is 11.3 Å². The fraction of sp³-hybridized carbons (Fsp3) is 0.750. The van der Waals surface area contributed by atoms with Crippen LogP contribution in [-0.4, -0.2) is 187 Å². The zero-order valence-corrected chi connectivity index (χ0v) is 56.1. The van der Waals surface area contributed by atoms with Crippen molar-refractivity contribution in [2.24, 2.45) is 35.5 Å². The molecule has 0 aliphatic carbocycles. The Labute approximate surface area is 513 Å². The molecule has 4 N–H and O–H groups in total. The van der Waals surface area contributed by atoms with Crippen LogP contribution in [0, 0.1) is 35.5 Å². The first-order valence-electron chi connectivity index (χ1n) is 30.6. The van der Waals surface area contributed by atoms with E-state index >= 15 is 0 Å². The number of ketones is 1. The largest absolute Gasteiger partial charge is 0.480 e. The minimum Gasteiger partial charge on any atom is -0.480 e. The number of ether oxygens (including phenoxy) is 4. The number of carboxylic acids is 1. The SMILES string of the molecule is CC(C)[C@@H](C(=O)O)N(C)CCCNC(=O)OC(C)(C)C.CC[C@H](C)[C@@H]([C@@H](CC(=O)N1CCC[C@H]1[C@H](OC)[C@@H](C)C(=O)N[C@@H](Cc1ccccc1)c1nccs1)OC)N(C)C(=O)[C@@H](CC(=O)[C@H](C(C)C)N(C)CCCNC(=O)OC(C)(C)C)C(C)C. The molecule has 0 bridgehead atoms. The van der Waals surface area contributed by atoms with Crippen LogP contribution in [0.3, 0.4) is 0 Å². The Kier molecular flexibility index (Phi) is 32.9. The molecule has 10 atom stereocenters. The Morgan fingerprint density at radius 1 is 0.765 bits per heavy atom. The molecule has 2 heterocycles. The number of alkyl carbamates (subject to hydrolysis) is 2. The second-order valence-electron chi connectivity index (χ2n) is 26.0. The maximum atomic E-state index is 14.7. The summed E-state index contributed by atoms with van der Waals surface area (Å²) >= 11 is 1.50. The van der Waals surface area contributed by atoms with Gasteiger partial charge < -0.3 is 49.8 Å². The van der Waals surface area contributed by atoms with Crippen molar-refractivity contribution < 1.29 is 57.6 Å². The third kappa shape index (κ3) is 25.9. The van der Waals surface area contributed by atoms with Crippen molar-refractivity contribution in [1.29, 1.82) is 0 Å². The zero-order chi connectivity index (χ0) is 64.5. The molecule has 2 aromatic rings. The Hall–Kier alpha value is -5.22. The summed E-state index contributed by atoms with van der Waals surface area (Å²) in [6, 6.07) is 7.99. The summed E-state index contributed by atoms with van der Waals surface area (Å²) in [6.07, 6.45) is 3.83. The van der Waals surface area contributed by atoms with Crippen LogP contribution in [0.25, 0.3) is 0 Å². The number of methoxy groups -OCH3 is 2. The third-order valence-corrected chi connectivity index (χ3v) is 16.5. The molecule has 1 aromatic heterocycles. The molecule has 0 unspecified atom stereocenters. The summed E-state index contributed by atoms with van der Waals surface area (Å²) in [5.41, 5.74) is -0.00983. The molecule has 1 saturated heterocycles. The zero-order valence-electron chi connectivity index (χ0n) is 55.3. The van der Waals surface area contributed by atoms with Gasteiger partial charge in [0.05, 0.1) is 48.7 Å². The van der Waals surface area contributed by atoms with Crippen molar-refractivity contribution >= 4 is 53.0 Å². The average molecular weight is 1220 g/mol. The number of aliphatic carboxylic acids is 1. The molecule has 0 saturated carbocycles. The fourth-order valence-electron chi connectivity index (χ4n) is 11.3. The lowest BCUT2D eigenvalue weighted by atomic mass is 9.83. The van der Waals surface area contributed by atoms with Gasteiger partial charge in [-0.2, -0.15) is 0 Å². The minimum absolute atomic E-state index is 0.00622. The van der Waals surface area contributed by atoms with E-state index in [0.717, 1.165) is 23.4 Å². The van der Waals surface area contributed by atoms with Crippen LogP contribution in [0.2, 0.25) is 0 Å². The number of carboxylic acid groups (broad SMARTS) is 1. The first-order chi connectivity index (χ1) is 39.7. The topological polar surface area (TPSA) is 239 Å². The molecule has 5 amide bonds. The van der Waals surface area contributed by atoms with E-state index in [1.165, 1.54) is 11.3 Å².